The Morgan fingerprint density at radius 2 is 2.11 bits per heavy atom. The Hall–Kier alpha value is -1.75. The highest BCUT2D eigenvalue weighted by Gasteiger charge is 2.23. The van der Waals surface area contributed by atoms with Crippen LogP contribution in [0.3, 0.4) is 0 Å². The molecule has 1 heterocycles. The number of nitrogens with one attached hydrogen (secondary N) is 1. The predicted octanol–water partition coefficient (Wildman–Crippen LogP) is 2.58. The molecule has 2 rings (SSSR count). The van der Waals surface area contributed by atoms with Crippen LogP contribution in [0.5, 0.6) is 0 Å². The van der Waals surface area contributed by atoms with Crippen molar-refractivity contribution in [1.82, 2.24) is 5.32 Å². The first-order valence-electron chi connectivity index (χ1n) is 6.10. The molecule has 1 saturated heterocycles. The fourth-order valence-electron chi connectivity index (χ4n) is 2.20. The van der Waals surface area contributed by atoms with E-state index in [1.807, 2.05) is 0 Å². The maximum Gasteiger partial charge on any atom is 0.330 e. The summed E-state index contributed by atoms with van der Waals surface area (Å²) in [7, 11) is 1.24. The van der Waals surface area contributed by atoms with E-state index in [1.54, 1.807) is 0 Å². The number of hydrogen-bond donors (Lipinski definition) is 1. The Balaban J connectivity index is 2.26. The maximum absolute atomic E-state index is 13.9. The van der Waals surface area contributed by atoms with Crippen LogP contribution < -0.4 is 5.32 Å². The molecule has 1 aromatic carbocycles. The molecule has 102 valence electrons. The first kappa shape index (κ1) is 13.7. The minimum atomic E-state index is -0.594. The average Bonchev–Trinajstić information content (AvgIpc) is 2.88. The summed E-state index contributed by atoms with van der Waals surface area (Å²) in [6.45, 7) is 0.771. The van der Waals surface area contributed by atoms with Gasteiger partial charge in [-0.3, -0.25) is 0 Å². The standard InChI is InChI=1S/C14H15F2NO2/c1-19-13(18)5-4-9-7-10(15)14(11(16)8-9)12-3-2-6-17-12/h4-5,7-8,12,17H,2-3,6H2,1H3. The zero-order valence-corrected chi connectivity index (χ0v) is 10.6. The molecular formula is C14H15F2NO2. The van der Waals surface area contributed by atoms with Gasteiger partial charge in [0.2, 0.25) is 0 Å². The van der Waals surface area contributed by atoms with E-state index in [0.717, 1.165) is 25.5 Å². The number of carbonyl (C=O) groups is 1. The zero-order valence-electron chi connectivity index (χ0n) is 10.6. The summed E-state index contributed by atoms with van der Waals surface area (Å²) in [6.07, 6.45) is 4.09. The molecule has 3 nitrogen and oxygen atoms in total. The molecule has 1 aliphatic heterocycles. The summed E-state index contributed by atoms with van der Waals surface area (Å²) < 4.78 is 32.3. The van der Waals surface area contributed by atoms with Crippen molar-refractivity contribution in [3.05, 3.63) is 41.0 Å². The average molecular weight is 267 g/mol. The van der Waals surface area contributed by atoms with Crippen molar-refractivity contribution in [2.75, 3.05) is 13.7 Å². The molecule has 0 radical (unpaired) electrons. The monoisotopic (exact) mass is 267 g/mol. The molecule has 1 atom stereocenters. The molecule has 0 spiro atoms. The second-order valence-corrected chi connectivity index (χ2v) is 4.40. The molecule has 19 heavy (non-hydrogen) atoms. The predicted molar refractivity (Wildman–Crippen MR) is 67.4 cm³/mol. The first-order chi connectivity index (χ1) is 9.11. The largest absolute Gasteiger partial charge is 0.466 e. The normalized spacial score (nSPS) is 19.0. The van der Waals surface area contributed by atoms with Gasteiger partial charge < -0.3 is 10.1 Å². The third kappa shape index (κ3) is 3.17. The fourth-order valence-corrected chi connectivity index (χ4v) is 2.20. The number of carbonyl (C=O) groups excluding carboxylic acids is 1. The van der Waals surface area contributed by atoms with Crippen molar-refractivity contribution >= 4 is 12.0 Å². The van der Waals surface area contributed by atoms with Crippen molar-refractivity contribution < 1.29 is 18.3 Å². The molecule has 0 aromatic heterocycles. The van der Waals surface area contributed by atoms with Gasteiger partial charge >= 0.3 is 5.97 Å². The minimum absolute atomic E-state index is 0.0766. The SMILES string of the molecule is COC(=O)C=Cc1cc(F)c(C2CCCN2)c(F)c1. The van der Waals surface area contributed by atoms with E-state index in [9.17, 15) is 13.6 Å². The Morgan fingerprint density at radius 1 is 1.42 bits per heavy atom. The summed E-state index contributed by atoms with van der Waals surface area (Å²) in [5.41, 5.74) is 0.370. The molecular weight excluding hydrogens is 252 g/mol. The minimum Gasteiger partial charge on any atom is -0.466 e. The van der Waals surface area contributed by atoms with Gasteiger partial charge in [-0.15, -0.1) is 0 Å². The third-order valence-corrected chi connectivity index (χ3v) is 3.12. The summed E-state index contributed by atoms with van der Waals surface area (Å²) in [6, 6.07) is 2.18. The number of hydrogen-bond acceptors (Lipinski definition) is 3. The first-order valence-corrected chi connectivity index (χ1v) is 6.10. The molecule has 1 unspecified atom stereocenters. The molecule has 1 fully saturated rings. The van der Waals surface area contributed by atoms with Gasteiger partial charge in [0.25, 0.3) is 0 Å². The number of halogens is 2. The smallest absolute Gasteiger partial charge is 0.330 e. The van der Waals surface area contributed by atoms with Crippen molar-refractivity contribution in [3.63, 3.8) is 0 Å². The summed E-state index contributed by atoms with van der Waals surface area (Å²) >= 11 is 0. The Labute approximate surface area is 110 Å². The van der Waals surface area contributed by atoms with Crippen molar-refractivity contribution in [2.24, 2.45) is 0 Å². The quantitative estimate of drug-likeness (QED) is 0.675. The molecule has 1 aromatic rings. The Kier molecular flexibility index (Phi) is 4.27. The lowest BCUT2D eigenvalue weighted by molar-refractivity contribution is -0.134. The molecule has 1 N–H and O–H groups in total. The van der Waals surface area contributed by atoms with Crippen LogP contribution >= 0.6 is 0 Å². The lowest BCUT2D eigenvalue weighted by Crippen LogP contribution is -2.16. The van der Waals surface area contributed by atoms with E-state index >= 15 is 0 Å². The number of esters is 1. The van der Waals surface area contributed by atoms with Gasteiger partial charge in [-0.05, 0) is 43.2 Å². The highest BCUT2D eigenvalue weighted by atomic mass is 19.1. The number of rotatable bonds is 3. The van der Waals surface area contributed by atoms with Gasteiger partial charge in [0.05, 0.1) is 7.11 Å². The second kappa shape index (κ2) is 5.93. The van der Waals surface area contributed by atoms with Crippen LogP contribution in [0.15, 0.2) is 18.2 Å². The van der Waals surface area contributed by atoms with E-state index < -0.39 is 17.6 Å². The summed E-state index contributed by atoms with van der Waals surface area (Å²) in [5.74, 6) is -1.75. The van der Waals surface area contributed by atoms with Crippen molar-refractivity contribution in [1.29, 1.82) is 0 Å². The molecule has 0 aliphatic carbocycles. The van der Waals surface area contributed by atoms with E-state index in [0.29, 0.717) is 5.56 Å². The highest BCUT2D eigenvalue weighted by molar-refractivity contribution is 5.86. The molecule has 0 bridgehead atoms. The van der Waals surface area contributed by atoms with Crippen LogP contribution in [0.25, 0.3) is 6.08 Å². The fraction of sp³-hybridized carbons (Fsp3) is 0.357. The Bertz CT molecular complexity index is 485. The number of benzene rings is 1. The lowest BCUT2D eigenvalue weighted by atomic mass is 10.0. The molecule has 0 amide bonds. The summed E-state index contributed by atoms with van der Waals surface area (Å²) in [5, 5.41) is 3.06. The van der Waals surface area contributed by atoms with E-state index in [1.165, 1.54) is 25.3 Å². The van der Waals surface area contributed by atoms with E-state index in [4.69, 9.17) is 0 Å². The summed E-state index contributed by atoms with van der Waals surface area (Å²) in [4.78, 5) is 10.9. The Morgan fingerprint density at radius 3 is 2.63 bits per heavy atom. The van der Waals surface area contributed by atoms with Gasteiger partial charge in [-0.2, -0.15) is 0 Å². The molecule has 1 aliphatic rings. The third-order valence-electron chi connectivity index (χ3n) is 3.12. The van der Waals surface area contributed by atoms with E-state index in [-0.39, 0.29) is 11.6 Å². The molecule has 0 saturated carbocycles. The number of methoxy groups -OCH3 is 1. The maximum atomic E-state index is 13.9. The van der Waals surface area contributed by atoms with Gasteiger partial charge in [0, 0.05) is 17.7 Å². The van der Waals surface area contributed by atoms with Crippen molar-refractivity contribution in [3.8, 4) is 0 Å². The second-order valence-electron chi connectivity index (χ2n) is 4.40. The lowest BCUT2D eigenvalue weighted by Gasteiger charge is -2.13. The van der Waals surface area contributed by atoms with Gasteiger partial charge in [0.1, 0.15) is 11.6 Å². The van der Waals surface area contributed by atoms with Gasteiger partial charge in [-0.25, -0.2) is 13.6 Å². The van der Waals surface area contributed by atoms with Crippen LogP contribution in [-0.4, -0.2) is 19.6 Å². The number of ether oxygens (including phenoxy) is 1. The van der Waals surface area contributed by atoms with Gasteiger partial charge in [-0.1, -0.05) is 0 Å². The topological polar surface area (TPSA) is 38.3 Å². The molecule has 5 heteroatoms. The van der Waals surface area contributed by atoms with Crippen LogP contribution in [0.2, 0.25) is 0 Å². The van der Waals surface area contributed by atoms with Crippen LogP contribution in [-0.2, 0) is 9.53 Å². The highest BCUT2D eigenvalue weighted by Crippen LogP contribution is 2.28. The van der Waals surface area contributed by atoms with Gasteiger partial charge in [0.15, 0.2) is 0 Å². The van der Waals surface area contributed by atoms with E-state index in [2.05, 4.69) is 10.1 Å². The van der Waals surface area contributed by atoms with Crippen molar-refractivity contribution in [2.45, 2.75) is 18.9 Å². The van der Waals surface area contributed by atoms with Crippen LogP contribution in [0.4, 0.5) is 8.78 Å². The van der Waals surface area contributed by atoms with Crippen LogP contribution in [0.1, 0.15) is 30.0 Å². The zero-order chi connectivity index (χ0) is 13.8. The van der Waals surface area contributed by atoms with Crippen LogP contribution in [0, 0.1) is 11.6 Å².